The van der Waals surface area contributed by atoms with Crippen molar-refractivity contribution in [2.45, 2.75) is 26.7 Å². The molecule has 0 spiro atoms. The van der Waals surface area contributed by atoms with E-state index in [9.17, 15) is 4.79 Å². The minimum Gasteiger partial charge on any atom is -0.365 e. The number of aromatic nitrogens is 2. The maximum Gasteiger partial charge on any atom is 0.252 e. The zero-order valence-corrected chi connectivity index (χ0v) is 14.1. The molecule has 26 heavy (non-hydrogen) atoms. The lowest BCUT2D eigenvalue weighted by atomic mass is 10.0. The van der Waals surface area contributed by atoms with E-state index in [2.05, 4.69) is 20.7 Å². The molecule has 3 aromatic rings. The molecule has 0 atom stereocenters. The lowest BCUT2D eigenvalue weighted by Gasteiger charge is -2.32. The van der Waals surface area contributed by atoms with E-state index in [0.29, 0.717) is 11.2 Å². The first-order valence-corrected chi connectivity index (χ1v) is 8.96. The highest BCUT2D eigenvalue weighted by Gasteiger charge is 2.30. The van der Waals surface area contributed by atoms with Gasteiger partial charge in [-0.25, -0.2) is 4.98 Å². The smallest absolute Gasteiger partial charge is 0.252 e. The van der Waals surface area contributed by atoms with E-state index in [-0.39, 0.29) is 13.3 Å². The van der Waals surface area contributed by atoms with Crippen molar-refractivity contribution in [3.8, 4) is 0 Å². The Morgan fingerprint density at radius 3 is 2.62 bits per heavy atom. The molecule has 6 nitrogen and oxygen atoms in total. The zero-order chi connectivity index (χ0) is 17.0. The molecular formula is C20H25N5O. The highest BCUT2D eigenvalue weighted by atomic mass is 16.1. The SMILES string of the molecule is C.NC(=O)c1c2c(c(N3CCNCC3)n3c1nc1ccccc13)CCC2. The van der Waals surface area contributed by atoms with Crippen LogP contribution in [0.1, 0.15) is 35.3 Å². The van der Waals surface area contributed by atoms with Gasteiger partial charge in [0.15, 0.2) is 5.65 Å². The number of amides is 1. The predicted molar refractivity (Wildman–Crippen MR) is 105 cm³/mol. The van der Waals surface area contributed by atoms with Gasteiger partial charge in [-0.05, 0) is 42.5 Å². The van der Waals surface area contributed by atoms with Crippen LogP contribution in [0.15, 0.2) is 24.3 Å². The minimum absolute atomic E-state index is 0. The summed E-state index contributed by atoms with van der Waals surface area (Å²) in [6.45, 7) is 3.87. The van der Waals surface area contributed by atoms with Crippen LogP contribution in [-0.2, 0) is 12.8 Å². The Labute approximate surface area is 153 Å². The third kappa shape index (κ3) is 2.29. The van der Waals surface area contributed by atoms with Crippen molar-refractivity contribution in [1.82, 2.24) is 14.7 Å². The second-order valence-corrected chi connectivity index (χ2v) is 6.87. The van der Waals surface area contributed by atoms with Crippen LogP contribution in [-0.4, -0.2) is 41.5 Å². The lowest BCUT2D eigenvalue weighted by Crippen LogP contribution is -2.44. The summed E-state index contributed by atoms with van der Waals surface area (Å²) in [7, 11) is 0. The van der Waals surface area contributed by atoms with Crippen molar-refractivity contribution >= 4 is 28.4 Å². The molecule has 0 radical (unpaired) electrons. The van der Waals surface area contributed by atoms with E-state index < -0.39 is 0 Å². The number of nitrogens with two attached hydrogens (primary N) is 1. The monoisotopic (exact) mass is 351 g/mol. The quantitative estimate of drug-likeness (QED) is 0.742. The average Bonchev–Trinajstić information content (AvgIpc) is 3.24. The fourth-order valence-electron chi connectivity index (χ4n) is 4.41. The number of carbonyl (C=O) groups is 1. The first-order valence-electron chi connectivity index (χ1n) is 8.96. The average molecular weight is 351 g/mol. The third-order valence-electron chi connectivity index (χ3n) is 5.45. The number of benzene rings is 1. The normalized spacial score (nSPS) is 16.7. The van der Waals surface area contributed by atoms with Gasteiger partial charge in [0, 0.05) is 26.2 Å². The van der Waals surface area contributed by atoms with Crippen molar-refractivity contribution < 1.29 is 4.79 Å². The number of nitrogens with zero attached hydrogens (tertiary/aromatic N) is 3. The molecular weight excluding hydrogens is 326 g/mol. The number of rotatable bonds is 2. The lowest BCUT2D eigenvalue weighted by molar-refractivity contribution is 0.100. The molecule has 1 aliphatic heterocycles. The maximum absolute atomic E-state index is 12.3. The molecule has 6 heteroatoms. The molecule has 0 unspecified atom stereocenters. The van der Waals surface area contributed by atoms with Crippen molar-refractivity contribution in [3.63, 3.8) is 0 Å². The van der Waals surface area contributed by atoms with Crippen molar-refractivity contribution in [2.24, 2.45) is 5.73 Å². The van der Waals surface area contributed by atoms with E-state index in [1.54, 1.807) is 0 Å². The summed E-state index contributed by atoms with van der Waals surface area (Å²) in [4.78, 5) is 19.5. The summed E-state index contributed by atoms with van der Waals surface area (Å²) < 4.78 is 2.17. The maximum atomic E-state index is 12.3. The summed E-state index contributed by atoms with van der Waals surface area (Å²) in [6.07, 6.45) is 2.98. The number of primary amides is 1. The van der Waals surface area contributed by atoms with Crippen LogP contribution < -0.4 is 16.0 Å². The number of anilines is 1. The number of fused-ring (bicyclic) bond motifs is 4. The summed E-state index contributed by atoms with van der Waals surface area (Å²) in [5.74, 6) is 0.841. The Bertz CT molecular complexity index is 1000. The molecule has 2 aliphatic rings. The van der Waals surface area contributed by atoms with Crippen molar-refractivity contribution in [1.29, 1.82) is 0 Å². The third-order valence-corrected chi connectivity index (χ3v) is 5.45. The fraction of sp³-hybridized carbons (Fsp3) is 0.400. The molecule has 1 saturated heterocycles. The molecule has 3 heterocycles. The predicted octanol–water partition coefficient (Wildman–Crippen LogP) is 2.12. The van der Waals surface area contributed by atoms with Gasteiger partial charge in [-0.15, -0.1) is 0 Å². The Morgan fingerprint density at radius 1 is 1.12 bits per heavy atom. The highest BCUT2D eigenvalue weighted by Crippen LogP contribution is 2.38. The van der Waals surface area contributed by atoms with E-state index in [1.807, 2.05) is 18.2 Å². The Hall–Kier alpha value is -2.60. The van der Waals surface area contributed by atoms with E-state index >= 15 is 0 Å². The summed E-state index contributed by atoms with van der Waals surface area (Å²) in [5.41, 5.74) is 11.5. The molecule has 3 N–H and O–H groups in total. The van der Waals surface area contributed by atoms with E-state index in [0.717, 1.165) is 62.0 Å². The van der Waals surface area contributed by atoms with Crippen molar-refractivity contribution in [3.05, 3.63) is 41.0 Å². The largest absolute Gasteiger partial charge is 0.365 e. The molecule has 1 aliphatic carbocycles. The van der Waals surface area contributed by atoms with Crippen molar-refractivity contribution in [2.75, 3.05) is 31.1 Å². The minimum atomic E-state index is -0.370. The standard InChI is InChI=1S/C19H21N5O.CH4/c20-17(25)16-12-4-3-5-13(12)19(23-10-8-21-9-11-23)24-15-7-2-1-6-14(15)22-18(16)24;/h1-2,6-7,21H,3-5,8-11H2,(H2,20,25);1H4. The second-order valence-electron chi connectivity index (χ2n) is 6.87. The van der Waals surface area contributed by atoms with Gasteiger partial charge in [0.25, 0.3) is 5.91 Å². The number of nitrogens with one attached hydrogen (secondary N) is 1. The van der Waals surface area contributed by atoms with Crippen LogP contribution in [0.4, 0.5) is 5.82 Å². The molecule has 1 amide bonds. The molecule has 0 bridgehead atoms. The summed E-state index contributed by atoms with van der Waals surface area (Å²) >= 11 is 0. The number of hydrogen-bond acceptors (Lipinski definition) is 4. The van der Waals surface area contributed by atoms with Crippen LogP contribution in [0.3, 0.4) is 0 Å². The topological polar surface area (TPSA) is 75.7 Å². The van der Waals surface area contributed by atoms with Gasteiger partial charge in [-0.2, -0.15) is 0 Å². The molecule has 136 valence electrons. The fourth-order valence-corrected chi connectivity index (χ4v) is 4.41. The molecule has 0 saturated carbocycles. The molecule has 2 aromatic heterocycles. The van der Waals surface area contributed by atoms with Gasteiger partial charge in [0.05, 0.1) is 16.6 Å². The number of pyridine rings is 1. The zero-order valence-electron chi connectivity index (χ0n) is 14.1. The Balaban J connectivity index is 0.00000168. The molecule has 1 fully saturated rings. The number of para-hydroxylation sites is 2. The summed E-state index contributed by atoms with van der Waals surface area (Å²) in [6, 6.07) is 8.08. The van der Waals surface area contributed by atoms with Crippen LogP contribution in [0.25, 0.3) is 16.7 Å². The summed E-state index contributed by atoms with van der Waals surface area (Å²) in [5, 5.41) is 3.42. The Kier molecular flexibility index (Phi) is 4.07. The van der Waals surface area contributed by atoms with Gasteiger partial charge in [-0.1, -0.05) is 19.6 Å². The van der Waals surface area contributed by atoms with E-state index in [1.165, 1.54) is 11.4 Å². The Morgan fingerprint density at radius 2 is 1.85 bits per heavy atom. The van der Waals surface area contributed by atoms with Gasteiger partial charge >= 0.3 is 0 Å². The van der Waals surface area contributed by atoms with Crippen LogP contribution in [0.2, 0.25) is 0 Å². The molecule has 1 aromatic carbocycles. The highest BCUT2D eigenvalue weighted by molar-refractivity contribution is 6.03. The first-order chi connectivity index (χ1) is 12.3. The van der Waals surface area contributed by atoms with E-state index in [4.69, 9.17) is 10.7 Å². The van der Waals surface area contributed by atoms with Gasteiger partial charge < -0.3 is 16.0 Å². The number of imidazole rings is 1. The molecule has 5 rings (SSSR count). The number of hydrogen-bond donors (Lipinski definition) is 2. The first kappa shape index (κ1) is 16.8. The van der Waals surface area contributed by atoms with Crippen LogP contribution >= 0.6 is 0 Å². The van der Waals surface area contributed by atoms with Gasteiger partial charge in [-0.3, -0.25) is 9.20 Å². The van der Waals surface area contributed by atoms with Crippen LogP contribution in [0, 0.1) is 0 Å². The van der Waals surface area contributed by atoms with Gasteiger partial charge in [0.1, 0.15) is 5.82 Å². The second kappa shape index (κ2) is 6.29. The van der Waals surface area contributed by atoms with Crippen LogP contribution in [0.5, 0.6) is 0 Å². The van der Waals surface area contributed by atoms with Gasteiger partial charge in [0.2, 0.25) is 0 Å². The number of piperazine rings is 1. The number of carbonyl (C=O) groups excluding carboxylic acids is 1.